The number of thiocarbonyl (C=S) groups is 1. The number of aromatic nitrogens is 1. The molecule has 0 saturated carbocycles. The summed E-state index contributed by atoms with van der Waals surface area (Å²) in [6.45, 7) is 2.56. The van der Waals surface area contributed by atoms with Crippen molar-refractivity contribution in [2.75, 3.05) is 18.5 Å². The molecule has 0 aliphatic heterocycles. The Morgan fingerprint density at radius 2 is 2.31 bits per heavy atom. The molecule has 5 heteroatoms. The monoisotopic (exact) mass is 239 g/mol. The molecule has 0 fully saturated rings. The van der Waals surface area contributed by atoms with Crippen LogP contribution in [0.15, 0.2) is 18.3 Å². The molecule has 0 radical (unpaired) electrons. The normalized spacial score (nSPS) is 12.2. The standard InChI is InChI=1S/C11H17N3OS/c1-8(15)5-6-14(2)9-3-4-10(11(12)16)13-7-9/h3-4,7-8,15H,5-6H2,1-2H3,(H2,12,16). The second-order valence-electron chi connectivity index (χ2n) is 3.83. The van der Waals surface area contributed by atoms with E-state index in [0.29, 0.717) is 10.7 Å². The van der Waals surface area contributed by atoms with Crippen LogP contribution in [0.1, 0.15) is 19.0 Å². The lowest BCUT2D eigenvalue weighted by atomic mass is 10.2. The first kappa shape index (κ1) is 12.9. The molecule has 1 unspecified atom stereocenters. The Morgan fingerprint density at radius 3 is 2.75 bits per heavy atom. The maximum atomic E-state index is 9.19. The SMILES string of the molecule is CC(O)CCN(C)c1ccc(C(N)=S)nc1. The van der Waals surface area contributed by atoms with E-state index in [9.17, 15) is 5.11 Å². The zero-order chi connectivity index (χ0) is 12.1. The number of hydrogen-bond donors (Lipinski definition) is 2. The molecule has 3 N–H and O–H groups in total. The average Bonchev–Trinajstić information content (AvgIpc) is 2.26. The van der Waals surface area contributed by atoms with E-state index in [-0.39, 0.29) is 6.10 Å². The Balaban J connectivity index is 2.63. The van der Waals surface area contributed by atoms with Gasteiger partial charge in [-0.25, -0.2) is 0 Å². The second kappa shape index (κ2) is 5.77. The molecule has 1 aromatic heterocycles. The molecule has 1 heterocycles. The summed E-state index contributed by atoms with van der Waals surface area (Å²) in [5, 5.41) is 9.19. The van der Waals surface area contributed by atoms with Gasteiger partial charge in [-0.05, 0) is 25.5 Å². The molecule has 0 saturated heterocycles. The highest BCUT2D eigenvalue weighted by atomic mass is 32.1. The molecule has 88 valence electrons. The third kappa shape index (κ3) is 3.75. The van der Waals surface area contributed by atoms with Crippen LogP contribution in [0.3, 0.4) is 0 Å². The highest BCUT2D eigenvalue weighted by Crippen LogP contribution is 2.12. The third-order valence-corrected chi connectivity index (χ3v) is 2.53. The summed E-state index contributed by atoms with van der Waals surface area (Å²) >= 11 is 4.83. The average molecular weight is 239 g/mol. The van der Waals surface area contributed by atoms with Gasteiger partial charge in [0.15, 0.2) is 0 Å². The molecular weight excluding hydrogens is 222 g/mol. The minimum absolute atomic E-state index is 0.286. The first-order valence-corrected chi connectivity index (χ1v) is 5.56. The van der Waals surface area contributed by atoms with Gasteiger partial charge in [0.05, 0.1) is 23.7 Å². The lowest BCUT2D eigenvalue weighted by Gasteiger charge is -2.19. The summed E-state index contributed by atoms with van der Waals surface area (Å²) in [7, 11) is 1.96. The molecule has 1 atom stereocenters. The predicted molar refractivity (Wildman–Crippen MR) is 69.7 cm³/mol. The van der Waals surface area contributed by atoms with Gasteiger partial charge < -0.3 is 15.7 Å². The summed E-state index contributed by atoms with van der Waals surface area (Å²) in [4.78, 5) is 6.49. The maximum Gasteiger partial charge on any atom is 0.122 e. The number of pyridine rings is 1. The number of hydrogen-bond acceptors (Lipinski definition) is 4. The largest absolute Gasteiger partial charge is 0.393 e. The van der Waals surface area contributed by atoms with Crippen molar-refractivity contribution >= 4 is 22.9 Å². The van der Waals surface area contributed by atoms with Gasteiger partial charge >= 0.3 is 0 Å². The van der Waals surface area contributed by atoms with E-state index in [2.05, 4.69) is 4.98 Å². The summed E-state index contributed by atoms with van der Waals surface area (Å²) < 4.78 is 0. The van der Waals surface area contributed by atoms with Crippen LogP contribution in [0, 0.1) is 0 Å². The summed E-state index contributed by atoms with van der Waals surface area (Å²) in [6.07, 6.45) is 2.18. The number of anilines is 1. The number of rotatable bonds is 5. The van der Waals surface area contributed by atoms with Crippen LogP contribution in [0.4, 0.5) is 5.69 Å². The summed E-state index contributed by atoms with van der Waals surface area (Å²) in [5.74, 6) is 0. The van der Waals surface area contributed by atoms with Crippen LogP contribution in [0.2, 0.25) is 0 Å². The van der Waals surface area contributed by atoms with Crippen LogP contribution in [0.25, 0.3) is 0 Å². The minimum Gasteiger partial charge on any atom is -0.393 e. The van der Waals surface area contributed by atoms with Crippen molar-refractivity contribution < 1.29 is 5.11 Å². The van der Waals surface area contributed by atoms with Crippen molar-refractivity contribution in [2.24, 2.45) is 5.73 Å². The van der Waals surface area contributed by atoms with Crippen molar-refractivity contribution in [3.63, 3.8) is 0 Å². The topological polar surface area (TPSA) is 62.4 Å². The van der Waals surface area contributed by atoms with Crippen LogP contribution < -0.4 is 10.6 Å². The van der Waals surface area contributed by atoms with Crippen LogP contribution >= 0.6 is 12.2 Å². The molecule has 0 aliphatic rings. The predicted octanol–water partition coefficient (Wildman–Crippen LogP) is 0.923. The van der Waals surface area contributed by atoms with Gasteiger partial charge in [-0.2, -0.15) is 0 Å². The molecule has 1 aromatic rings. The smallest absolute Gasteiger partial charge is 0.122 e. The lowest BCUT2D eigenvalue weighted by molar-refractivity contribution is 0.187. The van der Waals surface area contributed by atoms with E-state index in [4.69, 9.17) is 18.0 Å². The summed E-state index contributed by atoms with van der Waals surface area (Å²) in [6, 6.07) is 3.72. The Labute approximate surface area is 101 Å². The lowest BCUT2D eigenvalue weighted by Crippen LogP contribution is -2.22. The van der Waals surface area contributed by atoms with Crippen molar-refractivity contribution in [1.29, 1.82) is 0 Å². The number of aliphatic hydroxyl groups excluding tert-OH is 1. The fourth-order valence-corrected chi connectivity index (χ4v) is 1.39. The molecule has 0 aromatic carbocycles. The van der Waals surface area contributed by atoms with Gasteiger partial charge in [-0.3, -0.25) is 4.98 Å². The number of aliphatic hydroxyl groups is 1. The van der Waals surface area contributed by atoms with Gasteiger partial charge in [0, 0.05) is 13.6 Å². The van der Waals surface area contributed by atoms with E-state index in [1.807, 2.05) is 18.0 Å². The van der Waals surface area contributed by atoms with Crippen LogP contribution in [-0.2, 0) is 0 Å². The van der Waals surface area contributed by atoms with E-state index in [1.54, 1.807) is 19.2 Å². The van der Waals surface area contributed by atoms with Crippen LogP contribution in [0.5, 0.6) is 0 Å². The van der Waals surface area contributed by atoms with Crippen molar-refractivity contribution in [3.8, 4) is 0 Å². The number of nitrogens with two attached hydrogens (primary N) is 1. The van der Waals surface area contributed by atoms with E-state index < -0.39 is 0 Å². The van der Waals surface area contributed by atoms with E-state index >= 15 is 0 Å². The zero-order valence-electron chi connectivity index (χ0n) is 9.55. The minimum atomic E-state index is -0.286. The fourth-order valence-electron chi connectivity index (χ4n) is 1.27. The Morgan fingerprint density at radius 1 is 1.62 bits per heavy atom. The zero-order valence-corrected chi connectivity index (χ0v) is 10.4. The van der Waals surface area contributed by atoms with Gasteiger partial charge in [0.1, 0.15) is 4.99 Å². The van der Waals surface area contributed by atoms with Gasteiger partial charge in [0.2, 0.25) is 0 Å². The van der Waals surface area contributed by atoms with Gasteiger partial charge in [0.25, 0.3) is 0 Å². The summed E-state index contributed by atoms with van der Waals surface area (Å²) in [5.41, 5.74) is 7.07. The van der Waals surface area contributed by atoms with Crippen molar-refractivity contribution in [2.45, 2.75) is 19.4 Å². The van der Waals surface area contributed by atoms with Crippen molar-refractivity contribution in [1.82, 2.24) is 4.98 Å². The molecule has 0 aliphatic carbocycles. The molecule has 0 spiro atoms. The first-order valence-electron chi connectivity index (χ1n) is 5.15. The van der Waals surface area contributed by atoms with Crippen molar-refractivity contribution in [3.05, 3.63) is 24.0 Å². The fraction of sp³-hybridized carbons (Fsp3) is 0.455. The molecule has 16 heavy (non-hydrogen) atoms. The second-order valence-corrected chi connectivity index (χ2v) is 4.26. The van der Waals surface area contributed by atoms with Gasteiger partial charge in [-0.15, -0.1) is 0 Å². The molecular formula is C11H17N3OS. The van der Waals surface area contributed by atoms with E-state index in [1.165, 1.54) is 0 Å². The highest BCUT2D eigenvalue weighted by molar-refractivity contribution is 7.80. The maximum absolute atomic E-state index is 9.19. The molecule has 1 rings (SSSR count). The van der Waals surface area contributed by atoms with Crippen LogP contribution in [-0.4, -0.2) is 34.8 Å². The third-order valence-electron chi connectivity index (χ3n) is 2.32. The Bertz CT molecular complexity index is 351. The highest BCUT2D eigenvalue weighted by Gasteiger charge is 2.04. The Kier molecular flexibility index (Phi) is 4.64. The van der Waals surface area contributed by atoms with E-state index in [0.717, 1.165) is 18.7 Å². The molecule has 0 bridgehead atoms. The van der Waals surface area contributed by atoms with Gasteiger partial charge in [-0.1, -0.05) is 12.2 Å². The molecule has 0 amide bonds. The Hall–Kier alpha value is -1.20. The number of nitrogens with zero attached hydrogens (tertiary/aromatic N) is 2. The quantitative estimate of drug-likeness (QED) is 0.748. The first-order chi connectivity index (χ1) is 7.50. The molecule has 4 nitrogen and oxygen atoms in total.